The molecule has 0 radical (unpaired) electrons. The third-order valence-electron chi connectivity index (χ3n) is 2.98. The number of hydrogen-bond acceptors (Lipinski definition) is 2. The molecule has 17 heavy (non-hydrogen) atoms. The maximum atomic E-state index is 10.8. The SMILES string of the molecule is CCCC(CC(C(=O)O)C(=O)O)C(C)(C)C.[H-].[K+]. The molecule has 0 bridgehead atoms. The maximum Gasteiger partial charge on any atom is 1.00 e. The van der Waals surface area contributed by atoms with Gasteiger partial charge >= 0.3 is 63.3 Å². The molecule has 0 heterocycles. The number of carboxylic acids is 2. The van der Waals surface area contributed by atoms with E-state index in [1.807, 2.05) is 27.7 Å². The van der Waals surface area contributed by atoms with Crippen molar-refractivity contribution in [3.63, 3.8) is 0 Å². The molecule has 0 amide bonds. The molecule has 0 saturated heterocycles. The largest absolute Gasteiger partial charge is 1.00 e. The zero-order valence-electron chi connectivity index (χ0n) is 12.5. The number of hydrogen-bond donors (Lipinski definition) is 2. The molecule has 0 aromatic heterocycles. The second-order valence-corrected chi connectivity index (χ2v) is 5.32. The fraction of sp³-hybridized carbons (Fsp3) is 0.833. The molecule has 2 N–H and O–H groups in total. The first-order chi connectivity index (χ1) is 7.20. The van der Waals surface area contributed by atoms with Gasteiger partial charge in [0.25, 0.3) is 0 Å². The Morgan fingerprint density at radius 2 is 1.59 bits per heavy atom. The molecule has 1 unspecified atom stereocenters. The predicted octanol–water partition coefficient (Wildman–Crippen LogP) is -0.259. The molecule has 0 spiro atoms. The molecule has 0 aliphatic heterocycles. The first kappa shape index (κ1) is 19.9. The zero-order chi connectivity index (χ0) is 12.9. The van der Waals surface area contributed by atoms with E-state index in [9.17, 15) is 9.59 Å². The quantitative estimate of drug-likeness (QED) is 0.515. The number of aliphatic carboxylic acids is 2. The van der Waals surface area contributed by atoms with Crippen LogP contribution in [0.3, 0.4) is 0 Å². The normalized spacial score (nSPS) is 13.0. The third kappa shape index (κ3) is 7.57. The molecule has 0 aliphatic rings. The Kier molecular flexibility index (Phi) is 10.1. The average Bonchev–Trinajstić information content (AvgIpc) is 2.08. The minimum absolute atomic E-state index is 0. The molecule has 0 aliphatic carbocycles. The Morgan fingerprint density at radius 3 is 1.82 bits per heavy atom. The van der Waals surface area contributed by atoms with Gasteiger partial charge in [0.05, 0.1) is 0 Å². The van der Waals surface area contributed by atoms with Crippen molar-refractivity contribution >= 4 is 11.9 Å². The van der Waals surface area contributed by atoms with Crippen LogP contribution in [0.1, 0.15) is 48.4 Å². The van der Waals surface area contributed by atoms with Crippen LogP contribution in [-0.2, 0) is 9.59 Å². The molecule has 96 valence electrons. The van der Waals surface area contributed by atoms with Crippen molar-refractivity contribution in [1.82, 2.24) is 0 Å². The molecular weight excluding hydrogens is 247 g/mol. The van der Waals surface area contributed by atoms with Gasteiger partial charge in [0, 0.05) is 0 Å². The first-order valence-corrected chi connectivity index (χ1v) is 5.65. The predicted molar refractivity (Wildman–Crippen MR) is 62.3 cm³/mol. The molecule has 0 aromatic rings. The van der Waals surface area contributed by atoms with Crippen molar-refractivity contribution in [3.8, 4) is 0 Å². The summed E-state index contributed by atoms with van der Waals surface area (Å²) in [7, 11) is 0. The fourth-order valence-corrected chi connectivity index (χ4v) is 1.84. The van der Waals surface area contributed by atoms with E-state index in [2.05, 4.69) is 0 Å². The van der Waals surface area contributed by atoms with Crippen LogP contribution in [0.5, 0.6) is 0 Å². The van der Waals surface area contributed by atoms with Gasteiger partial charge in [-0.1, -0.05) is 40.5 Å². The maximum absolute atomic E-state index is 10.8. The first-order valence-electron chi connectivity index (χ1n) is 5.65. The van der Waals surface area contributed by atoms with Gasteiger partial charge in [-0.15, -0.1) is 0 Å². The van der Waals surface area contributed by atoms with E-state index in [0.29, 0.717) is 0 Å². The van der Waals surface area contributed by atoms with Crippen LogP contribution in [-0.4, -0.2) is 22.2 Å². The number of rotatable bonds is 6. The smallest absolute Gasteiger partial charge is 1.00 e. The number of carboxylic acid groups (broad SMARTS) is 2. The summed E-state index contributed by atoms with van der Waals surface area (Å²) >= 11 is 0. The minimum Gasteiger partial charge on any atom is -1.00 e. The summed E-state index contributed by atoms with van der Waals surface area (Å²) in [5, 5.41) is 17.7. The van der Waals surface area contributed by atoms with Crippen LogP contribution in [0.15, 0.2) is 0 Å². The minimum atomic E-state index is -1.28. The van der Waals surface area contributed by atoms with Gasteiger partial charge in [-0.05, 0) is 17.8 Å². The van der Waals surface area contributed by atoms with Gasteiger partial charge in [-0.2, -0.15) is 0 Å². The Hall–Kier alpha value is 0.576. The standard InChI is InChI=1S/C12H22O4.K.H/c1-5-6-8(12(2,3)4)7-9(10(13)14)11(15)16;;/h8-9H,5-7H2,1-4H3,(H,13,14)(H,15,16);;/q;+1;-1. The van der Waals surface area contributed by atoms with Gasteiger partial charge in [0.15, 0.2) is 5.92 Å². The molecule has 4 nitrogen and oxygen atoms in total. The van der Waals surface area contributed by atoms with Crippen molar-refractivity contribution in [3.05, 3.63) is 0 Å². The molecule has 0 saturated carbocycles. The summed E-state index contributed by atoms with van der Waals surface area (Å²) in [6.45, 7) is 8.09. The van der Waals surface area contributed by atoms with E-state index >= 15 is 0 Å². The van der Waals surface area contributed by atoms with Crippen LogP contribution in [0, 0.1) is 17.3 Å². The van der Waals surface area contributed by atoms with Gasteiger partial charge in [0.2, 0.25) is 0 Å². The van der Waals surface area contributed by atoms with Crippen molar-refractivity contribution in [2.24, 2.45) is 17.3 Å². The molecular formula is C12H23KO4. The summed E-state index contributed by atoms with van der Waals surface area (Å²) in [5.41, 5.74) is -0.0564. The Balaban J connectivity index is -0.00000112. The average molecular weight is 270 g/mol. The Morgan fingerprint density at radius 1 is 1.18 bits per heavy atom. The summed E-state index contributed by atoms with van der Waals surface area (Å²) in [4.78, 5) is 21.7. The van der Waals surface area contributed by atoms with Gasteiger partial charge in [-0.3, -0.25) is 9.59 Å². The van der Waals surface area contributed by atoms with Gasteiger partial charge in [-0.25, -0.2) is 0 Å². The van der Waals surface area contributed by atoms with E-state index in [0.717, 1.165) is 12.8 Å². The van der Waals surface area contributed by atoms with Crippen LogP contribution < -0.4 is 51.4 Å². The third-order valence-corrected chi connectivity index (χ3v) is 2.98. The second kappa shape index (κ2) is 8.64. The Labute approximate surface area is 147 Å². The van der Waals surface area contributed by atoms with Crippen molar-refractivity contribution in [1.29, 1.82) is 0 Å². The molecule has 0 rings (SSSR count). The van der Waals surface area contributed by atoms with Gasteiger partial charge < -0.3 is 11.6 Å². The van der Waals surface area contributed by atoms with Crippen LogP contribution in [0.4, 0.5) is 0 Å². The van der Waals surface area contributed by atoms with Crippen LogP contribution in [0.2, 0.25) is 0 Å². The summed E-state index contributed by atoms with van der Waals surface area (Å²) in [6.07, 6.45) is 2.01. The summed E-state index contributed by atoms with van der Waals surface area (Å²) in [6, 6.07) is 0. The van der Waals surface area contributed by atoms with Crippen LogP contribution >= 0.6 is 0 Å². The van der Waals surface area contributed by atoms with E-state index in [4.69, 9.17) is 10.2 Å². The monoisotopic (exact) mass is 270 g/mol. The molecule has 1 atom stereocenters. The van der Waals surface area contributed by atoms with Gasteiger partial charge in [0.1, 0.15) is 0 Å². The van der Waals surface area contributed by atoms with Crippen molar-refractivity contribution in [2.45, 2.75) is 47.0 Å². The van der Waals surface area contributed by atoms with Crippen molar-refractivity contribution in [2.75, 3.05) is 0 Å². The fourth-order valence-electron chi connectivity index (χ4n) is 1.84. The Bertz CT molecular complexity index is 249. The summed E-state index contributed by atoms with van der Waals surface area (Å²) < 4.78 is 0. The topological polar surface area (TPSA) is 74.6 Å². The molecule has 5 heteroatoms. The van der Waals surface area contributed by atoms with E-state index < -0.39 is 17.9 Å². The van der Waals surface area contributed by atoms with E-state index in [1.165, 1.54) is 0 Å². The molecule has 0 aromatic carbocycles. The zero-order valence-corrected chi connectivity index (χ0v) is 14.6. The van der Waals surface area contributed by atoms with E-state index in [1.54, 1.807) is 0 Å². The van der Waals surface area contributed by atoms with Crippen molar-refractivity contribution < 1.29 is 72.6 Å². The summed E-state index contributed by atoms with van der Waals surface area (Å²) in [5.74, 6) is -3.64. The number of carbonyl (C=O) groups is 2. The van der Waals surface area contributed by atoms with E-state index in [-0.39, 0.29) is 70.6 Å². The second-order valence-electron chi connectivity index (χ2n) is 5.32. The molecule has 0 fully saturated rings. The van der Waals surface area contributed by atoms with Crippen LogP contribution in [0.25, 0.3) is 0 Å².